The fraction of sp³-hybridized carbons (Fsp3) is 0.0588. The Labute approximate surface area is 118 Å². The second-order valence-corrected chi connectivity index (χ2v) is 4.72. The third-order valence-electron chi connectivity index (χ3n) is 3.39. The molecule has 21 heavy (non-hydrogen) atoms. The van der Waals surface area contributed by atoms with Crippen LogP contribution < -0.4 is 0 Å². The number of alkyl halides is 3. The maximum absolute atomic E-state index is 13.8. The maximum Gasteiger partial charge on any atom is 0.416 e. The van der Waals surface area contributed by atoms with Gasteiger partial charge in [-0.2, -0.15) is 13.2 Å². The molecule has 0 N–H and O–H groups in total. The highest BCUT2D eigenvalue weighted by Crippen LogP contribution is 2.33. The summed E-state index contributed by atoms with van der Waals surface area (Å²) in [5.41, 5.74) is 0.637. The van der Waals surface area contributed by atoms with Crippen molar-refractivity contribution < 1.29 is 17.6 Å². The van der Waals surface area contributed by atoms with Crippen molar-refractivity contribution in [2.45, 2.75) is 6.18 Å². The van der Waals surface area contributed by atoms with E-state index in [0.29, 0.717) is 21.9 Å². The molecule has 0 amide bonds. The van der Waals surface area contributed by atoms with Gasteiger partial charge in [0.2, 0.25) is 0 Å². The van der Waals surface area contributed by atoms with Gasteiger partial charge in [0.1, 0.15) is 5.82 Å². The first-order chi connectivity index (χ1) is 9.97. The van der Waals surface area contributed by atoms with Crippen molar-refractivity contribution in [3.63, 3.8) is 0 Å². The SMILES string of the molecule is Fc1ccc(-c2ccc(C(F)(F)F)cc2)c2ccccc12. The Morgan fingerprint density at radius 3 is 1.90 bits per heavy atom. The molecule has 0 heterocycles. The van der Waals surface area contributed by atoms with Crippen LogP contribution in [0.5, 0.6) is 0 Å². The second kappa shape index (κ2) is 4.88. The van der Waals surface area contributed by atoms with E-state index >= 15 is 0 Å². The van der Waals surface area contributed by atoms with E-state index in [4.69, 9.17) is 0 Å². The Balaban J connectivity index is 2.15. The molecule has 3 aromatic rings. The molecule has 3 aromatic carbocycles. The molecule has 0 nitrogen and oxygen atoms in total. The zero-order valence-electron chi connectivity index (χ0n) is 10.8. The summed E-state index contributed by atoms with van der Waals surface area (Å²) >= 11 is 0. The van der Waals surface area contributed by atoms with Crippen molar-refractivity contribution in [1.82, 2.24) is 0 Å². The monoisotopic (exact) mass is 290 g/mol. The van der Waals surface area contributed by atoms with Crippen molar-refractivity contribution in [2.75, 3.05) is 0 Å². The van der Waals surface area contributed by atoms with E-state index in [9.17, 15) is 17.6 Å². The van der Waals surface area contributed by atoms with Crippen molar-refractivity contribution in [2.24, 2.45) is 0 Å². The van der Waals surface area contributed by atoms with Crippen LogP contribution in [-0.2, 0) is 6.18 Å². The van der Waals surface area contributed by atoms with Crippen LogP contribution in [0.3, 0.4) is 0 Å². The van der Waals surface area contributed by atoms with E-state index in [1.54, 1.807) is 30.3 Å². The average Bonchev–Trinajstić information content (AvgIpc) is 2.47. The number of halogens is 4. The van der Waals surface area contributed by atoms with Crippen LogP contribution in [0.15, 0.2) is 60.7 Å². The minimum absolute atomic E-state index is 0.346. The van der Waals surface area contributed by atoms with E-state index < -0.39 is 11.7 Å². The molecule has 0 unspecified atom stereocenters. The zero-order valence-corrected chi connectivity index (χ0v) is 10.8. The fourth-order valence-electron chi connectivity index (χ4n) is 2.35. The molecule has 0 bridgehead atoms. The molecule has 0 aliphatic heterocycles. The molecular weight excluding hydrogens is 280 g/mol. The summed E-state index contributed by atoms with van der Waals surface area (Å²) in [6.45, 7) is 0. The molecule has 0 spiro atoms. The normalized spacial score (nSPS) is 11.8. The molecule has 0 aliphatic carbocycles. The molecule has 0 aliphatic rings. The molecule has 106 valence electrons. The standard InChI is InChI=1S/C17H10F4/c18-16-10-9-13(14-3-1-2-4-15(14)16)11-5-7-12(8-6-11)17(19,20)21/h1-10H. The predicted octanol–water partition coefficient (Wildman–Crippen LogP) is 5.66. The topological polar surface area (TPSA) is 0 Å². The zero-order chi connectivity index (χ0) is 15.0. The first-order valence-corrected chi connectivity index (χ1v) is 6.32. The smallest absolute Gasteiger partial charge is 0.206 e. The summed E-state index contributed by atoms with van der Waals surface area (Å²) in [5, 5.41) is 1.13. The van der Waals surface area contributed by atoms with E-state index in [-0.39, 0.29) is 5.82 Å². The summed E-state index contributed by atoms with van der Waals surface area (Å²) in [6, 6.07) is 14.7. The molecule has 4 heteroatoms. The summed E-state index contributed by atoms with van der Waals surface area (Å²) in [7, 11) is 0. The quantitative estimate of drug-likeness (QED) is 0.507. The Bertz CT molecular complexity index is 786. The van der Waals surface area contributed by atoms with Crippen molar-refractivity contribution in [3.8, 4) is 11.1 Å². The highest BCUT2D eigenvalue weighted by molar-refractivity contribution is 5.96. The molecule has 0 fully saturated rings. The van der Waals surface area contributed by atoms with E-state index in [1.165, 1.54) is 18.2 Å². The predicted molar refractivity (Wildman–Crippen MR) is 74.3 cm³/mol. The molecule has 3 rings (SSSR count). The summed E-state index contributed by atoms with van der Waals surface area (Å²) in [6.07, 6.45) is -4.36. The Hall–Kier alpha value is -2.36. The molecular formula is C17H10F4. The lowest BCUT2D eigenvalue weighted by molar-refractivity contribution is -0.137. The molecule has 0 atom stereocenters. The highest BCUT2D eigenvalue weighted by atomic mass is 19.4. The van der Waals surface area contributed by atoms with E-state index in [0.717, 1.165) is 12.1 Å². The van der Waals surface area contributed by atoms with Gasteiger partial charge in [-0.3, -0.25) is 0 Å². The molecule has 0 aromatic heterocycles. The Morgan fingerprint density at radius 2 is 1.29 bits per heavy atom. The molecule has 0 radical (unpaired) electrons. The van der Waals surface area contributed by atoms with Gasteiger partial charge in [0.25, 0.3) is 0 Å². The first kappa shape index (κ1) is 13.6. The molecule has 0 saturated carbocycles. The summed E-state index contributed by atoms with van der Waals surface area (Å²) < 4.78 is 51.5. The van der Waals surface area contributed by atoms with Gasteiger partial charge in [0.15, 0.2) is 0 Å². The van der Waals surface area contributed by atoms with Crippen LogP contribution in [0.4, 0.5) is 17.6 Å². The maximum atomic E-state index is 13.8. The van der Waals surface area contributed by atoms with Crippen LogP contribution in [-0.4, -0.2) is 0 Å². The third kappa shape index (κ3) is 2.49. The fourth-order valence-corrected chi connectivity index (χ4v) is 2.35. The van der Waals surface area contributed by atoms with Crippen LogP contribution >= 0.6 is 0 Å². The largest absolute Gasteiger partial charge is 0.416 e. The van der Waals surface area contributed by atoms with Gasteiger partial charge in [0, 0.05) is 5.39 Å². The van der Waals surface area contributed by atoms with Crippen molar-refractivity contribution in [1.29, 1.82) is 0 Å². The van der Waals surface area contributed by atoms with Gasteiger partial charge < -0.3 is 0 Å². The summed E-state index contributed by atoms with van der Waals surface area (Å²) in [4.78, 5) is 0. The van der Waals surface area contributed by atoms with Gasteiger partial charge in [0.05, 0.1) is 5.56 Å². The van der Waals surface area contributed by atoms with Crippen LogP contribution in [0.1, 0.15) is 5.56 Å². The van der Waals surface area contributed by atoms with Crippen LogP contribution in [0.2, 0.25) is 0 Å². The average molecular weight is 290 g/mol. The minimum atomic E-state index is -4.36. The Morgan fingerprint density at radius 1 is 0.667 bits per heavy atom. The molecule has 0 saturated heterocycles. The van der Waals surface area contributed by atoms with Crippen LogP contribution in [0, 0.1) is 5.82 Å². The minimum Gasteiger partial charge on any atom is -0.206 e. The second-order valence-electron chi connectivity index (χ2n) is 4.72. The number of hydrogen-bond donors (Lipinski definition) is 0. The van der Waals surface area contributed by atoms with Gasteiger partial charge >= 0.3 is 6.18 Å². The van der Waals surface area contributed by atoms with Crippen LogP contribution in [0.25, 0.3) is 21.9 Å². The third-order valence-corrected chi connectivity index (χ3v) is 3.39. The van der Waals surface area contributed by atoms with Crippen molar-refractivity contribution in [3.05, 3.63) is 72.0 Å². The van der Waals surface area contributed by atoms with Gasteiger partial charge in [-0.15, -0.1) is 0 Å². The number of fused-ring (bicyclic) bond motifs is 1. The lowest BCUT2D eigenvalue weighted by Gasteiger charge is -2.10. The summed E-state index contributed by atoms with van der Waals surface area (Å²) in [5.74, 6) is -0.346. The number of hydrogen-bond acceptors (Lipinski definition) is 0. The van der Waals surface area contributed by atoms with Gasteiger partial charge in [-0.1, -0.05) is 42.5 Å². The van der Waals surface area contributed by atoms with Gasteiger partial charge in [-0.25, -0.2) is 4.39 Å². The Kier molecular flexibility index (Phi) is 3.16. The van der Waals surface area contributed by atoms with Gasteiger partial charge in [-0.05, 0) is 34.7 Å². The lowest BCUT2D eigenvalue weighted by atomic mass is 9.97. The number of rotatable bonds is 1. The van der Waals surface area contributed by atoms with Crippen molar-refractivity contribution >= 4 is 10.8 Å². The highest BCUT2D eigenvalue weighted by Gasteiger charge is 2.30. The van der Waals surface area contributed by atoms with E-state index in [2.05, 4.69) is 0 Å². The number of benzene rings is 3. The van der Waals surface area contributed by atoms with E-state index in [1.807, 2.05) is 0 Å². The first-order valence-electron chi connectivity index (χ1n) is 6.32. The lowest BCUT2D eigenvalue weighted by Crippen LogP contribution is -2.04.